The molecule has 0 atom stereocenters. The van der Waals surface area contributed by atoms with Gasteiger partial charge in [-0.25, -0.2) is 9.78 Å². The molecule has 2 N–H and O–H groups in total. The van der Waals surface area contributed by atoms with E-state index in [0.717, 1.165) is 55.7 Å². The van der Waals surface area contributed by atoms with E-state index in [1.807, 2.05) is 11.5 Å². The van der Waals surface area contributed by atoms with Gasteiger partial charge in [-0.15, -0.1) is 0 Å². The number of rotatable bonds is 2. The summed E-state index contributed by atoms with van der Waals surface area (Å²) in [5.74, 6) is 0. The van der Waals surface area contributed by atoms with Crippen LogP contribution in [0.1, 0.15) is 36.6 Å². The first-order valence-corrected chi connectivity index (χ1v) is 8.34. The molecule has 0 spiro atoms. The number of H-pyrrole nitrogens is 1. The number of aromatic nitrogens is 3. The average molecular weight is 314 g/mol. The molecular weight excluding hydrogens is 292 g/mol. The van der Waals surface area contributed by atoms with Crippen molar-refractivity contribution in [2.75, 3.05) is 26.3 Å². The number of hydrogen-bond donors (Lipinski definition) is 2. The fourth-order valence-corrected chi connectivity index (χ4v) is 3.67. The molecule has 4 heterocycles. The lowest BCUT2D eigenvalue weighted by atomic mass is 10.00. The Labute approximate surface area is 134 Å². The first-order valence-electron chi connectivity index (χ1n) is 8.34. The molecule has 0 bridgehead atoms. The van der Waals surface area contributed by atoms with Crippen LogP contribution in [0.3, 0.4) is 0 Å². The van der Waals surface area contributed by atoms with Crippen LogP contribution < -0.4 is 11.0 Å². The minimum Gasteiger partial charge on any atom is -0.377 e. The van der Waals surface area contributed by atoms with Crippen molar-refractivity contribution in [2.45, 2.75) is 32.2 Å². The molecular formula is C17H22N4O2. The summed E-state index contributed by atoms with van der Waals surface area (Å²) in [7, 11) is 0. The van der Waals surface area contributed by atoms with Gasteiger partial charge in [0.05, 0.1) is 18.7 Å². The number of aryl methyl sites for hydroxylation is 1. The topological polar surface area (TPSA) is 71.9 Å². The summed E-state index contributed by atoms with van der Waals surface area (Å²) in [6.45, 7) is 5.32. The summed E-state index contributed by atoms with van der Waals surface area (Å²) >= 11 is 0. The van der Waals surface area contributed by atoms with Crippen molar-refractivity contribution < 1.29 is 4.74 Å². The fourth-order valence-electron chi connectivity index (χ4n) is 3.67. The summed E-state index contributed by atoms with van der Waals surface area (Å²) in [4.78, 5) is 20.0. The van der Waals surface area contributed by atoms with Crippen molar-refractivity contribution in [3.63, 3.8) is 0 Å². The lowest BCUT2D eigenvalue weighted by Gasteiger charge is -2.24. The molecule has 2 aliphatic heterocycles. The minimum absolute atomic E-state index is 0.0445. The van der Waals surface area contributed by atoms with E-state index in [9.17, 15) is 4.79 Å². The monoisotopic (exact) mass is 314 g/mol. The Kier molecular flexibility index (Phi) is 3.79. The van der Waals surface area contributed by atoms with E-state index in [1.165, 1.54) is 5.57 Å². The SMILES string of the molecule is Cc1nc2[nH]c(=O)n(C3CCNCC3)c2cc1C1=CCOCC1. The van der Waals surface area contributed by atoms with Gasteiger partial charge in [0.2, 0.25) is 0 Å². The molecule has 1 fully saturated rings. The zero-order valence-electron chi connectivity index (χ0n) is 13.4. The van der Waals surface area contributed by atoms with Gasteiger partial charge in [-0.3, -0.25) is 9.55 Å². The van der Waals surface area contributed by atoms with Gasteiger partial charge in [-0.05, 0) is 50.9 Å². The normalized spacial score (nSPS) is 20.0. The van der Waals surface area contributed by atoms with Crippen molar-refractivity contribution in [3.8, 4) is 0 Å². The van der Waals surface area contributed by atoms with Gasteiger partial charge in [0.1, 0.15) is 0 Å². The summed E-state index contributed by atoms with van der Waals surface area (Å²) < 4.78 is 7.32. The van der Waals surface area contributed by atoms with Crippen LogP contribution in [0.15, 0.2) is 16.9 Å². The maximum absolute atomic E-state index is 12.4. The molecule has 6 nitrogen and oxygen atoms in total. The molecule has 0 amide bonds. The second-order valence-electron chi connectivity index (χ2n) is 6.32. The molecule has 2 aromatic rings. The van der Waals surface area contributed by atoms with Gasteiger partial charge in [0.15, 0.2) is 5.65 Å². The highest BCUT2D eigenvalue weighted by molar-refractivity contribution is 5.79. The van der Waals surface area contributed by atoms with Gasteiger partial charge >= 0.3 is 5.69 Å². The number of piperidine rings is 1. The first kappa shape index (κ1) is 14.7. The predicted molar refractivity (Wildman–Crippen MR) is 89.6 cm³/mol. The van der Waals surface area contributed by atoms with Crippen LogP contribution >= 0.6 is 0 Å². The third-order valence-electron chi connectivity index (χ3n) is 4.88. The zero-order valence-corrected chi connectivity index (χ0v) is 13.4. The van der Waals surface area contributed by atoms with Crippen molar-refractivity contribution >= 4 is 16.7 Å². The van der Waals surface area contributed by atoms with E-state index >= 15 is 0 Å². The molecule has 122 valence electrons. The number of imidazole rings is 1. The van der Waals surface area contributed by atoms with Crippen LogP contribution in [-0.4, -0.2) is 40.8 Å². The highest BCUT2D eigenvalue weighted by atomic mass is 16.5. The van der Waals surface area contributed by atoms with E-state index in [-0.39, 0.29) is 11.7 Å². The number of nitrogens with zero attached hydrogens (tertiary/aromatic N) is 2. The molecule has 0 aliphatic carbocycles. The molecule has 0 radical (unpaired) electrons. The van der Waals surface area contributed by atoms with Crippen LogP contribution in [0.5, 0.6) is 0 Å². The molecule has 2 aliphatic rings. The van der Waals surface area contributed by atoms with Crippen LogP contribution in [0, 0.1) is 6.92 Å². The Bertz CT molecular complexity index is 812. The number of ether oxygens (including phenoxy) is 1. The molecule has 1 saturated heterocycles. The highest BCUT2D eigenvalue weighted by Crippen LogP contribution is 2.28. The van der Waals surface area contributed by atoms with Crippen LogP contribution in [0.4, 0.5) is 0 Å². The maximum atomic E-state index is 12.4. The fraction of sp³-hybridized carbons (Fsp3) is 0.529. The number of hydrogen-bond acceptors (Lipinski definition) is 4. The largest absolute Gasteiger partial charge is 0.377 e. The van der Waals surface area contributed by atoms with Crippen LogP contribution in [-0.2, 0) is 4.74 Å². The first-order chi connectivity index (χ1) is 11.2. The standard InChI is InChI=1S/C17H22N4O2/c1-11-14(12-4-8-23-9-5-12)10-15-16(19-11)20-17(22)21(15)13-2-6-18-7-3-13/h4,10,13,18H,2-3,5-9H2,1H3,(H,19,20,22). The Balaban J connectivity index is 1.85. The summed E-state index contributed by atoms with van der Waals surface area (Å²) in [5.41, 5.74) is 4.95. The quantitative estimate of drug-likeness (QED) is 0.886. The smallest absolute Gasteiger partial charge is 0.327 e. The second kappa shape index (κ2) is 5.94. The van der Waals surface area contributed by atoms with E-state index in [0.29, 0.717) is 12.3 Å². The average Bonchev–Trinajstić information content (AvgIpc) is 2.90. The highest BCUT2D eigenvalue weighted by Gasteiger charge is 2.21. The van der Waals surface area contributed by atoms with Crippen molar-refractivity contribution in [1.29, 1.82) is 0 Å². The van der Waals surface area contributed by atoms with E-state index < -0.39 is 0 Å². The summed E-state index contributed by atoms with van der Waals surface area (Å²) in [6.07, 6.45) is 4.98. The van der Waals surface area contributed by atoms with Gasteiger partial charge in [-0.2, -0.15) is 0 Å². The second-order valence-corrected chi connectivity index (χ2v) is 6.32. The van der Waals surface area contributed by atoms with Crippen molar-refractivity contribution in [2.24, 2.45) is 0 Å². The Morgan fingerprint density at radius 1 is 1.35 bits per heavy atom. The molecule has 2 aromatic heterocycles. The molecule has 23 heavy (non-hydrogen) atoms. The number of aromatic amines is 1. The van der Waals surface area contributed by atoms with Gasteiger partial charge < -0.3 is 10.1 Å². The van der Waals surface area contributed by atoms with E-state index in [1.54, 1.807) is 0 Å². The number of fused-ring (bicyclic) bond motifs is 1. The summed E-state index contributed by atoms with van der Waals surface area (Å²) in [6, 6.07) is 2.38. The third kappa shape index (κ3) is 2.62. The number of pyridine rings is 1. The maximum Gasteiger partial charge on any atom is 0.327 e. The molecule has 6 heteroatoms. The molecule has 4 rings (SSSR count). The van der Waals surface area contributed by atoms with Crippen molar-refractivity contribution in [3.05, 3.63) is 33.9 Å². The molecule has 0 unspecified atom stereocenters. The van der Waals surface area contributed by atoms with Crippen LogP contribution in [0.2, 0.25) is 0 Å². The third-order valence-corrected chi connectivity index (χ3v) is 4.88. The summed E-state index contributed by atoms with van der Waals surface area (Å²) in [5, 5.41) is 3.35. The molecule has 0 saturated carbocycles. The Morgan fingerprint density at radius 2 is 2.17 bits per heavy atom. The Hall–Kier alpha value is -1.92. The number of nitrogens with one attached hydrogen (secondary N) is 2. The van der Waals surface area contributed by atoms with Gasteiger partial charge in [-0.1, -0.05) is 6.08 Å². The predicted octanol–water partition coefficient (Wildman–Crippen LogP) is 1.76. The lowest BCUT2D eigenvalue weighted by molar-refractivity contribution is 0.161. The van der Waals surface area contributed by atoms with E-state index in [2.05, 4.69) is 27.4 Å². The lowest BCUT2D eigenvalue weighted by Crippen LogP contribution is -2.33. The van der Waals surface area contributed by atoms with Gasteiger partial charge in [0, 0.05) is 17.3 Å². The minimum atomic E-state index is -0.0445. The van der Waals surface area contributed by atoms with Crippen molar-refractivity contribution in [1.82, 2.24) is 19.9 Å². The molecule has 0 aromatic carbocycles. The van der Waals surface area contributed by atoms with Gasteiger partial charge in [0.25, 0.3) is 0 Å². The zero-order chi connectivity index (χ0) is 15.8. The Morgan fingerprint density at radius 3 is 2.91 bits per heavy atom. The van der Waals surface area contributed by atoms with Crippen LogP contribution in [0.25, 0.3) is 16.7 Å². The van der Waals surface area contributed by atoms with E-state index in [4.69, 9.17) is 4.74 Å².